The Hall–Kier alpha value is -3.53. The van der Waals surface area contributed by atoms with E-state index < -0.39 is 0 Å². The van der Waals surface area contributed by atoms with E-state index in [4.69, 9.17) is 4.52 Å². The van der Waals surface area contributed by atoms with Gasteiger partial charge in [-0.15, -0.1) is 0 Å². The Balaban J connectivity index is 1.72. The van der Waals surface area contributed by atoms with Crippen LogP contribution < -0.4 is 0 Å². The van der Waals surface area contributed by atoms with Crippen molar-refractivity contribution in [1.82, 2.24) is 10.1 Å². The van der Waals surface area contributed by atoms with Gasteiger partial charge >= 0.3 is 0 Å². The second-order valence-corrected chi connectivity index (χ2v) is 6.53. The van der Waals surface area contributed by atoms with Crippen LogP contribution in [0.15, 0.2) is 77.3 Å². The zero-order valence-electron chi connectivity index (χ0n) is 15.1. The summed E-state index contributed by atoms with van der Waals surface area (Å²) < 4.78 is 5.47. The second kappa shape index (κ2) is 7.00. The Morgan fingerprint density at radius 2 is 1.44 bits per heavy atom. The highest BCUT2D eigenvalue weighted by atomic mass is 16.5. The highest BCUT2D eigenvalue weighted by molar-refractivity contribution is 6.12. The number of aromatic nitrogens is 2. The Morgan fingerprint density at radius 1 is 0.815 bits per heavy atom. The van der Waals surface area contributed by atoms with E-state index >= 15 is 0 Å². The quantitative estimate of drug-likeness (QED) is 0.470. The molecule has 4 aromatic rings. The number of ketones is 1. The molecule has 0 aliphatic carbocycles. The predicted octanol–water partition coefficient (Wildman–Crippen LogP) is 5.25. The first-order valence-electron chi connectivity index (χ1n) is 8.73. The molecule has 4 nitrogen and oxygen atoms in total. The number of aryl methyl sites for hydroxylation is 2. The van der Waals surface area contributed by atoms with Crippen LogP contribution in [0.5, 0.6) is 0 Å². The van der Waals surface area contributed by atoms with Gasteiger partial charge in [0.1, 0.15) is 0 Å². The highest BCUT2D eigenvalue weighted by Gasteiger charge is 2.19. The van der Waals surface area contributed by atoms with Crippen molar-refractivity contribution in [2.75, 3.05) is 0 Å². The molecule has 3 aromatic carbocycles. The maximum Gasteiger partial charge on any atom is 0.258 e. The zero-order chi connectivity index (χ0) is 18.8. The van der Waals surface area contributed by atoms with E-state index in [-0.39, 0.29) is 5.78 Å². The average molecular weight is 354 g/mol. The molecule has 0 N–H and O–H groups in total. The van der Waals surface area contributed by atoms with Crippen molar-refractivity contribution in [1.29, 1.82) is 0 Å². The first-order valence-corrected chi connectivity index (χ1v) is 8.73. The average Bonchev–Trinajstić information content (AvgIpc) is 3.19. The van der Waals surface area contributed by atoms with Gasteiger partial charge in [-0.2, -0.15) is 4.98 Å². The Morgan fingerprint density at radius 3 is 2.15 bits per heavy atom. The van der Waals surface area contributed by atoms with E-state index in [0.717, 1.165) is 16.7 Å². The third-order valence-corrected chi connectivity index (χ3v) is 4.45. The van der Waals surface area contributed by atoms with E-state index in [9.17, 15) is 4.79 Å². The monoisotopic (exact) mass is 354 g/mol. The topological polar surface area (TPSA) is 56.0 Å². The van der Waals surface area contributed by atoms with Crippen molar-refractivity contribution in [3.05, 3.63) is 95.1 Å². The number of hydrogen-bond donors (Lipinski definition) is 0. The van der Waals surface area contributed by atoms with Gasteiger partial charge in [0, 0.05) is 16.7 Å². The minimum absolute atomic E-state index is 0.0688. The van der Waals surface area contributed by atoms with E-state index in [0.29, 0.717) is 28.4 Å². The minimum Gasteiger partial charge on any atom is -0.334 e. The number of nitrogens with zero attached hydrogens (tertiary/aromatic N) is 2. The van der Waals surface area contributed by atoms with Crippen LogP contribution in [-0.2, 0) is 0 Å². The smallest absolute Gasteiger partial charge is 0.258 e. The molecular formula is C23H18N2O2. The van der Waals surface area contributed by atoms with Crippen LogP contribution in [0.1, 0.15) is 27.0 Å². The number of benzene rings is 3. The van der Waals surface area contributed by atoms with Gasteiger partial charge in [0.15, 0.2) is 5.78 Å². The third-order valence-electron chi connectivity index (χ3n) is 4.45. The molecule has 1 heterocycles. The minimum atomic E-state index is -0.0688. The molecule has 0 atom stereocenters. The van der Waals surface area contributed by atoms with Gasteiger partial charge in [-0.05, 0) is 19.9 Å². The first kappa shape index (κ1) is 16.9. The summed E-state index contributed by atoms with van der Waals surface area (Å²) >= 11 is 0. The lowest BCUT2D eigenvalue weighted by molar-refractivity contribution is 0.103. The molecular weight excluding hydrogens is 336 g/mol. The van der Waals surface area contributed by atoms with Gasteiger partial charge in [-0.25, -0.2) is 0 Å². The molecule has 0 aliphatic heterocycles. The normalized spacial score (nSPS) is 10.7. The summed E-state index contributed by atoms with van der Waals surface area (Å²) in [5.74, 6) is 0.768. The van der Waals surface area contributed by atoms with Crippen molar-refractivity contribution < 1.29 is 9.32 Å². The van der Waals surface area contributed by atoms with Crippen LogP contribution in [0.2, 0.25) is 0 Å². The Labute approximate surface area is 157 Å². The van der Waals surface area contributed by atoms with Gasteiger partial charge in [0.25, 0.3) is 5.89 Å². The second-order valence-electron chi connectivity index (χ2n) is 6.53. The van der Waals surface area contributed by atoms with Gasteiger partial charge in [0.05, 0.1) is 5.56 Å². The van der Waals surface area contributed by atoms with E-state index in [1.807, 2.05) is 80.6 Å². The summed E-state index contributed by atoms with van der Waals surface area (Å²) in [6.45, 7) is 4.02. The maximum absolute atomic E-state index is 13.0. The van der Waals surface area contributed by atoms with Crippen LogP contribution >= 0.6 is 0 Å². The summed E-state index contributed by atoms with van der Waals surface area (Å²) in [5, 5.41) is 4.08. The molecule has 4 heteroatoms. The molecule has 132 valence electrons. The fourth-order valence-electron chi connectivity index (χ4n) is 2.88. The predicted molar refractivity (Wildman–Crippen MR) is 105 cm³/mol. The molecule has 4 rings (SSSR count). The molecule has 0 aliphatic rings. The van der Waals surface area contributed by atoms with Crippen LogP contribution in [0.4, 0.5) is 0 Å². The van der Waals surface area contributed by atoms with Gasteiger partial charge in [0.2, 0.25) is 5.82 Å². The van der Waals surface area contributed by atoms with Crippen molar-refractivity contribution in [2.45, 2.75) is 13.8 Å². The van der Waals surface area contributed by atoms with Crippen LogP contribution in [0.3, 0.4) is 0 Å². The van der Waals surface area contributed by atoms with Crippen molar-refractivity contribution >= 4 is 5.78 Å². The summed E-state index contributed by atoms with van der Waals surface area (Å²) in [5.41, 5.74) is 4.95. The van der Waals surface area contributed by atoms with Crippen molar-refractivity contribution in [3.8, 4) is 22.8 Å². The lowest BCUT2D eigenvalue weighted by atomic mass is 9.97. The molecule has 0 fully saturated rings. The highest BCUT2D eigenvalue weighted by Crippen LogP contribution is 2.27. The summed E-state index contributed by atoms with van der Waals surface area (Å²) in [6.07, 6.45) is 0. The number of hydrogen-bond acceptors (Lipinski definition) is 4. The molecule has 0 amide bonds. The molecule has 0 unspecified atom stereocenters. The molecule has 0 saturated heterocycles. The zero-order valence-corrected chi connectivity index (χ0v) is 15.1. The van der Waals surface area contributed by atoms with Gasteiger partial charge < -0.3 is 4.52 Å². The third kappa shape index (κ3) is 3.42. The molecule has 0 spiro atoms. The maximum atomic E-state index is 13.0. The lowest BCUT2D eigenvalue weighted by Gasteiger charge is -2.05. The van der Waals surface area contributed by atoms with Crippen molar-refractivity contribution in [2.24, 2.45) is 0 Å². The molecule has 0 saturated carbocycles. The SMILES string of the molecule is Cc1ccc(C(=O)c2ccccc2-c2nc(-c3ccc(C)cc3)no2)cc1. The summed E-state index contributed by atoms with van der Waals surface area (Å²) in [7, 11) is 0. The molecule has 1 aromatic heterocycles. The van der Waals surface area contributed by atoms with Gasteiger partial charge in [-0.3, -0.25) is 4.79 Å². The van der Waals surface area contributed by atoms with E-state index in [1.54, 1.807) is 6.07 Å². The largest absolute Gasteiger partial charge is 0.334 e. The lowest BCUT2D eigenvalue weighted by Crippen LogP contribution is -2.03. The van der Waals surface area contributed by atoms with E-state index in [2.05, 4.69) is 10.1 Å². The Bertz CT molecular complexity index is 1090. The Kier molecular flexibility index (Phi) is 4.38. The summed E-state index contributed by atoms with van der Waals surface area (Å²) in [4.78, 5) is 17.5. The van der Waals surface area contributed by atoms with Crippen LogP contribution in [0.25, 0.3) is 22.8 Å². The fourth-order valence-corrected chi connectivity index (χ4v) is 2.88. The first-order chi connectivity index (χ1) is 13.1. The molecule has 0 bridgehead atoms. The van der Waals surface area contributed by atoms with E-state index in [1.165, 1.54) is 0 Å². The number of rotatable bonds is 4. The standard InChI is InChI=1S/C23H18N2O2/c1-15-7-11-17(12-8-15)21(26)19-5-3-4-6-20(19)23-24-22(25-27-23)18-13-9-16(2)10-14-18/h3-14H,1-2H3. The van der Waals surface area contributed by atoms with Crippen molar-refractivity contribution in [3.63, 3.8) is 0 Å². The molecule has 27 heavy (non-hydrogen) atoms. The summed E-state index contributed by atoms with van der Waals surface area (Å²) in [6, 6.07) is 22.7. The number of carbonyl (C=O) groups excluding carboxylic acids is 1. The molecule has 0 radical (unpaired) electrons. The fraction of sp³-hybridized carbons (Fsp3) is 0.0870. The van der Waals surface area contributed by atoms with Crippen LogP contribution in [0, 0.1) is 13.8 Å². The number of carbonyl (C=O) groups is 1. The van der Waals surface area contributed by atoms with Gasteiger partial charge in [-0.1, -0.05) is 83.0 Å². The van der Waals surface area contributed by atoms with Crippen LogP contribution in [-0.4, -0.2) is 15.9 Å².